The molecule has 3 heterocycles. The summed E-state index contributed by atoms with van der Waals surface area (Å²) in [4.78, 5) is 18.0. The Hall–Kier alpha value is -1.56. The summed E-state index contributed by atoms with van der Waals surface area (Å²) in [7, 11) is 0. The molecule has 1 aromatic rings. The van der Waals surface area contributed by atoms with Crippen molar-refractivity contribution in [2.45, 2.75) is 70.3 Å². The Morgan fingerprint density at radius 3 is 2.61 bits per heavy atom. The van der Waals surface area contributed by atoms with Crippen LogP contribution in [-0.4, -0.2) is 40.9 Å². The van der Waals surface area contributed by atoms with E-state index in [4.69, 9.17) is 0 Å². The lowest BCUT2D eigenvalue weighted by atomic mass is 9.73. The van der Waals surface area contributed by atoms with Crippen molar-refractivity contribution in [1.82, 2.24) is 9.80 Å². The first-order valence-electron chi connectivity index (χ1n) is 10.5. The van der Waals surface area contributed by atoms with Gasteiger partial charge in [-0.2, -0.15) is 13.2 Å². The number of hydrogen-bond donors (Lipinski definition) is 0. The van der Waals surface area contributed by atoms with Gasteiger partial charge in [-0.3, -0.25) is 4.79 Å². The van der Waals surface area contributed by atoms with E-state index in [1.165, 1.54) is 25.0 Å². The van der Waals surface area contributed by atoms with E-state index in [0.29, 0.717) is 24.6 Å². The van der Waals surface area contributed by atoms with E-state index in [-0.39, 0.29) is 23.3 Å². The van der Waals surface area contributed by atoms with E-state index < -0.39 is 11.7 Å². The minimum absolute atomic E-state index is 0.120. The van der Waals surface area contributed by atoms with Crippen LogP contribution < -0.4 is 0 Å². The number of amides is 1. The molecule has 1 spiro atoms. The van der Waals surface area contributed by atoms with Gasteiger partial charge in [-0.05, 0) is 80.8 Å². The van der Waals surface area contributed by atoms with Gasteiger partial charge in [0.1, 0.15) is 0 Å². The SMILES string of the molecule is CC1C2Cc3ccc(C(F)(F)F)cc3CN2C(=O)[C@]12CC[C@@H](N1CCCC1)C2. The van der Waals surface area contributed by atoms with Crippen LogP contribution in [0.3, 0.4) is 0 Å². The first kappa shape index (κ1) is 18.5. The number of fused-ring (bicyclic) bond motifs is 2. The van der Waals surface area contributed by atoms with Crippen LogP contribution in [0.4, 0.5) is 13.2 Å². The molecule has 1 amide bonds. The standard InChI is InChI=1S/C22H27F3N2O/c1-14-19-11-15-4-5-17(22(23,24)25)10-16(15)13-27(19)20(28)21(14)7-6-18(12-21)26-8-2-3-9-26/h4-5,10,14,18-19H,2-3,6-9,11-13H2,1H3/t14?,18-,19?,21+/m1/s1. The zero-order chi connectivity index (χ0) is 19.7. The average Bonchev–Trinajstić information content (AvgIpc) is 3.37. The van der Waals surface area contributed by atoms with Crippen molar-refractivity contribution in [2.24, 2.45) is 11.3 Å². The van der Waals surface area contributed by atoms with Gasteiger partial charge >= 0.3 is 6.18 Å². The summed E-state index contributed by atoms with van der Waals surface area (Å²) < 4.78 is 39.3. The molecule has 3 fully saturated rings. The van der Waals surface area contributed by atoms with Crippen LogP contribution in [0.5, 0.6) is 0 Å². The number of hydrogen-bond acceptors (Lipinski definition) is 2. The number of halogens is 3. The minimum atomic E-state index is -4.34. The first-order valence-corrected chi connectivity index (χ1v) is 10.5. The van der Waals surface area contributed by atoms with Gasteiger partial charge in [-0.1, -0.05) is 13.0 Å². The molecule has 3 nitrogen and oxygen atoms in total. The van der Waals surface area contributed by atoms with Gasteiger partial charge in [-0.25, -0.2) is 0 Å². The molecule has 1 aliphatic carbocycles. The summed E-state index contributed by atoms with van der Waals surface area (Å²) in [6.07, 6.45) is 1.74. The fourth-order valence-corrected chi connectivity index (χ4v) is 6.38. The van der Waals surface area contributed by atoms with Crippen LogP contribution in [0, 0.1) is 11.3 Å². The summed E-state index contributed by atoms with van der Waals surface area (Å²) in [5.74, 6) is 0.442. The van der Waals surface area contributed by atoms with E-state index in [9.17, 15) is 18.0 Å². The van der Waals surface area contributed by atoms with Crippen LogP contribution in [0.1, 0.15) is 55.7 Å². The molecular weight excluding hydrogens is 365 g/mol. The smallest absolute Gasteiger partial charge is 0.334 e. The highest BCUT2D eigenvalue weighted by molar-refractivity contribution is 5.87. The predicted molar refractivity (Wildman–Crippen MR) is 99.5 cm³/mol. The minimum Gasteiger partial charge on any atom is -0.334 e. The van der Waals surface area contributed by atoms with Crippen molar-refractivity contribution < 1.29 is 18.0 Å². The van der Waals surface area contributed by atoms with E-state index >= 15 is 0 Å². The van der Waals surface area contributed by atoms with Gasteiger partial charge in [0, 0.05) is 18.6 Å². The lowest BCUT2D eigenvalue weighted by molar-refractivity contribution is -0.138. The van der Waals surface area contributed by atoms with Crippen molar-refractivity contribution in [3.05, 3.63) is 34.9 Å². The van der Waals surface area contributed by atoms with Crippen LogP contribution in [0.2, 0.25) is 0 Å². The van der Waals surface area contributed by atoms with Crippen molar-refractivity contribution in [2.75, 3.05) is 13.1 Å². The van der Waals surface area contributed by atoms with Gasteiger partial charge in [0.2, 0.25) is 5.91 Å². The molecule has 0 bridgehead atoms. The largest absolute Gasteiger partial charge is 0.416 e. The first-order chi connectivity index (χ1) is 13.3. The Bertz CT molecular complexity index is 801. The molecule has 152 valence electrons. The molecule has 4 atom stereocenters. The maximum Gasteiger partial charge on any atom is 0.416 e. The Balaban J connectivity index is 1.41. The highest BCUT2D eigenvalue weighted by Gasteiger charge is 2.60. The van der Waals surface area contributed by atoms with Crippen LogP contribution >= 0.6 is 0 Å². The Kier molecular flexibility index (Phi) is 4.10. The van der Waals surface area contributed by atoms with Gasteiger partial charge in [0.15, 0.2) is 0 Å². The predicted octanol–water partition coefficient (Wildman–Crippen LogP) is 4.24. The molecule has 1 aromatic carbocycles. The van der Waals surface area contributed by atoms with Gasteiger partial charge < -0.3 is 9.80 Å². The summed E-state index contributed by atoms with van der Waals surface area (Å²) in [5.41, 5.74) is 0.708. The lowest BCUT2D eigenvalue weighted by Crippen LogP contribution is -2.40. The van der Waals surface area contributed by atoms with Gasteiger partial charge in [0.05, 0.1) is 11.0 Å². The molecule has 6 heteroatoms. The number of carbonyl (C=O) groups is 1. The van der Waals surface area contributed by atoms with Gasteiger partial charge in [0.25, 0.3) is 0 Å². The summed E-state index contributed by atoms with van der Waals surface area (Å²) in [6.45, 7) is 4.80. The molecule has 0 N–H and O–H groups in total. The third-order valence-corrected chi connectivity index (χ3v) is 8.02. The molecule has 4 aliphatic rings. The molecular formula is C22H27F3N2O. The third-order valence-electron chi connectivity index (χ3n) is 8.02. The second kappa shape index (κ2) is 6.22. The van der Waals surface area contributed by atoms with Crippen LogP contribution in [0.25, 0.3) is 0 Å². The summed E-state index contributed by atoms with van der Waals surface area (Å²) >= 11 is 0. The molecule has 1 saturated carbocycles. The average molecular weight is 392 g/mol. The second-order valence-electron chi connectivity index (χ2n) is 9.27. The van der Waals surface area contributed by atoms with E-state index in [2.05, 4.69) is 11.8 Å². The summed E-state index contributed by atoms with van der Waals surface area (Å²) in [5, 5.41) is 0. The fourth-order valence-electron chi connectivity index (χ4n) is 6.38. The van der Waals surface area contributed by atoms with E-state index in [0.717, 1.165) is 37.9 Å². The number of likely N-dealkylation sites (tertiary alicyclic amines) is 1. The highest BCUT2D eigenvalue weighted by Crippen LogP contribution is 2.55. The van der Waals surface area contributed by atoms with Crippen LogP contribution in [0.15, 0.2) is 18.2 Å². The summed E-state index contributed by atoms with van der Waals surface area (Å²) in [6, 6.07) is 4.67. The molecule has 5 rings (SSSR count). The number of benzene rings is 1. The maximum absolute atomic E-state index is 13.5. The normalized spacial score (nSPS) is 35.6. The monoisotopic (exact) mass is 392 g/mol. The van der Waals surface area contributed by atoms with Gasteiger partial charge in [-0.15, -0.1) is 0 Å². The Labute approximate surface area is 163 Å². The zero-order valence-electron chi connectivity index (χ0n) is 16.3. The molecule has 2 saturated heterocycles. The van der Waals surface area contributed by atoms with E-state index in [1.54, 1.807) is 6.07 Å². The molecule has 0 aromatic heterocycles. The molecule has 3 aliphatic heterocycles. The van der Waals surface area contributed by atoms with Crippen molar-refractivity contribution in [3.63, 3.8) is 0 Å². The van der Waals surface area contributed by atoms with Crippen molar-refractivity contribution in [3.8, 4) is 0 Å². The van der Waals surface area contributed by atoms with E-state index in [1.807, 2.05) is 4.90 Å². The molecule has 0 radical (unpaired) electrons. The van der Waals surface area contributed by atoms with Crippen molar-refractivity contribution >= 4 is 5.91 Å². The third kappa shape index (κ3) is 2.63. The quantitative estimate of drug-likeness (QED) is 0.714. The van der Waals surface area contributed by atoms with Crippen molar-refractivity contribution in [1.29, 1.82) is 0 Å². The zero-order valence-corrected chi connectivity index (χ0v) is 16.3. The molecule has 2 unspecified atom stereocenters. The Morgan fingerprint density at radius 2 is 1.89 bits per heavy atom. The number of nitrogens with zero attached hydrogens (tertiary/aromatic N) is 2. The topological polar surface area (TPSA) is 23.6 Å². The number of rotatable bonds is 1. The second-order valence-corrected chi connectivity index (χ2v) is 9.27. The number of alkyl halides is 3. The molecule has 28 heavy (non-hydrogen) atoms. The van der Waals surface area contributed by atoms with Crippen LogP contribution in [-0.2, 0) is 23.9 Å². The highest BCUT2D eigenvalue weighted by atomic mass is 19.4. The Morgan fingerprint density at radius 1 is 1.14 bits per heavy atom. The maximum atomic E-state index is 13.5. The number of carbonyl (C=O) groups excluding carboxylic acids is 1. The fraction of sp³-hybridized carbons (Fsp3) is 0.682. The lowest BCUT2D eigenvalue weighted by Gasteiger charge is -2.33.